The summed E-state index contributed by atoms with van der Waals surface area (Å²) in [6.07, 6.45) is -2.60. The third-order valence-electron chi connectivity index (χ3n) is 6.25. The minimum atomic E-state index is -1.79. The lowest BCUT2D eigenvalue weighted by Gasteiger charge is -2.47. The van der Waals surface area contributed by atoms with E-state index in [1.165, 1.54) is 7.11 Å². The number of benzene rings is 2. The Bertz CT molecular complexity index is 948. The van der Waals surface area contributed by atoms with Crippen molar-refractivity contribution in [3.05, 3.63) is 64.2 Å². The van der Waals surface area contributed by atoms with E-state index < -0.39 is 36.8 Å². The second-order valence-corrected chi connectivity index (χ2v) is 9.09. The molecular formula is C25H31ClO8. The van der Waals surface area contributed by atoms with E-state index in [1.54, 1.807) is 18.2 Å². The number of aliphatic hydroxyl groups is 4. The first-order chi connectivity index (χ1) is 16.4. The first-order valence-electron chi connectivity index (χ1n) is 11.4. The van der Waals surface area contributed by atoms with Crippen LogP contribution in [0.25, 0.3) is 0 Å². The van der Waals surface area contributed by atoms with Crippen molar-refractivity contribution in [2.24, 2.45) is 0 Å². The van der Waals surface area contributed by atoms with Gasteiger partial charge in [-0.1, -0.05) is 29.8 Å². The molecule has 2 fully saturated rings. The number of methoxy groups -OCH3 is 1. The van der Waals surface area contributed by atoms with E-state index in [9.17, 15) is 20.4 Å². The number of rotatable bonds is 10. The lowest BCUT2D eigenvalue weighted by Crippen LogP contribution is -2.64. The van der Waals surface area contributed by atoms with E-state index in [4.69, 9.17) is 30.5 Å². The monoisotopic (exact) mass is 494 g/mol. The van der Waals surface area contributed by atoms with Crippen molar-refractivity contribution in [2.45, 2.75) is 55.6 Å². The van der Waals surface area contributed by atoms with E-state index in [0.717, 1.165) is 29.7 Å². The molecule has 2 aromatic carbocycles. The van der Waals surface area contributed by atoms with Gasteiger partial charge >= 0.3 is 0 Å². The molecule has 34 heavy (non-hydrogen) atoms. The van der Waals surface area contributed by atoms with Gasteiger partial charge < -0.3 is 39.4 Å². The summed E-state index contributed by atoms with van der Waals surface area (Å²) in [5.41, 5.74) is 2.14. The molecule has 0 bridgehead atoms. The molecule has 4 N–H and O–H groups in total. The fourth-order valence-electron chi connectivity index (χ4n) is 4.13. The van der Waals surface area contributed by atoms with Gasteiger partial charge in [-0.2, -0.15) is 0 Å². The second kappa shape index (κ2) is 10.9. The van der Waals surface area contributed by atoms with Crippen LogP contribution in [0.2, 0.25) is 5.02 Å². The molecule has 0 radical (unpaired) electrons. The van der Waals surface area contributed by atoms with Crippen LogP contribution in [0.15, 0.2) is 42.5 Å². The molecule has 8 nitrogen and oxygen atoms in total. The van der Waals surface area contributed by atoms with Gasteiger partial charge in [-0.05, 0) is 54.7 Å². The largest absolute Gasteiger partial charge is 0.491 e. The molecule has 9 heteroatoms. The molecule has 1 aliphatic heterocycles. The highest BCUT2D eigenvalue weighted by Gasteiger charge is 2.55. The van der Waals surface area contributed by atoms with Gasteiger partial charge in [-0.3, -0.25) is 0 Å². The molecule has 1 heterocycles. The average Bonchev–Trinajstić information content (AvgIpc) is 3.68. The van der Waals surface area contributed by atoms with E-state index >= 15 is 0 Å². The summed E-state index contributed by atoms with van der Waals surface area (Å²) in [5.74, 6) is -1.03. The van der Waals surface area contributed by atoms with Crippen molar-refractivity contribution in [2.75, 3.05) is 26.9 Å². The molecule has 4 rings (SSSR count). The summed E-state index contributed by atoms with van der Waals surface area (Å²) in [6.45, 7) is 0.519. The maximum Gasteiger partial charge on any atom is 0.224 e. The number of ether oxygens (including phenoxy) is 4. The Kier molecular flexibility index (Phi) is 8.12. The third-order valence-corrected chi connectivity index (χ3v) is 6.62. The predicted molar refractivity (Wildman–Crippen MR) is 124 cm³/mol. The normalized spacial score (nSPS) is 29.2. The zero-order chi connectivity index (χ0) is 24.3. The molecule has 1 saturated carbocycles. The Morgan fingerprint density at radius 1 is 1.03 bits per heavy atom. The summed E-state index contributed by atoms with van der Waals surface area (Å²) in [6, 6.07) is 12.7. The van der Waals surface area contributed by atoms with Crippen LogP contribution in [0.4, 0.5) is 0 Å². The standard InChI is InChI=1S/C25H31ClO8/c1-31-25(24(30)23(29)22(28)21(14-27)34-25)17-4-9-20(26)16(13-17)12-15-2-5-18(6-3-15)32-10-11-33-19-7-8-19/h2-6,9,13,19,21-24,27-30H,7-8,10-12,14H2,1H3/t21?,22-,23+,24-,25+/m1/s1. The molecule has 5 atom stereocenters. The van der Waals surface area contributed by atoms with Crippen LogP contribution in [-0.2, 0) is 26.4 Å². The third kappa shape index (κ3) is 5.40. The van der Waals surface area contributed by atoms with Crippen LogP contribution in [0.5, 0.6) is 5.75 Å². The summed E-state index contributed by atoms with van der Waals surface area (Å²) in [5, 5.41) is 41.3. The molecule has 1 aliphatic carbocycles. The van der Waals surface area contributed by atoms with Gasteiger partial charge in [-0.15, -0.1) is 0 Å². The van der Waals surface area contributed by atoms with Gasteiger partial charge in [0.25, 0.3) is 0 Å². The van der Waals surface area contributed by atoms with Gasteiger partial charge in [0.15, 0.2) is 0 Å². The molecule has 1 unspecified atom stereocenters. The van der Waals surface area contributed by atoms with Gasteiger partial charge in [0, 0.05) is 17.7 Å². The van der Waals surface area contributed by atoms with Crippen LogP contribution in [0.3, 0.4) is 0 Å². The molecule has 0 aromatic heterocycles. The molecule has 0 amide bonds. The Morgan fingerprint density at radius 3 is 2.41 bits per heavy atom. The number of hydrogen-bond acceptors (Lipinski definition) is 8. The SMILES string of the molecule is CO[C@@]1(c2ccc(Cl)c(Cc3ccc(OCCOC4CC4)cc3)c2)OC(CO)[C@@H](O)[C@H](O)[C@H]1O. The smallest absolute Gasteiger partial charge is 0.224 e. The Balaban J connectivity index is 1.49. The lowest BCUT2D eigenvalue weighted by molar-refractivity contribution is -0.366. The summed E-state index contributed by atoms with van der Waals surface area (Å²) >= 11 is 6.45. The van der Waals surface area contributed by atoms with Crippen LogP contribution in [0, 0.1) is 0 Å². The molecule has 1 saturated heterocycles. The summed E-state index contributed by atoms with van der Waals surface area (Å²) in [7, 11) is 1.32. The van der Waals surface area contributed by atoms with Crippen molar-refractivity contribution < 1.29 is 39.4 Å². The van der Waals surface area contributed by atoms with Crippen LogP contribution < -0.4 is 4.74 Å². The second-order valence-electron chi connectivity index (χ2n) is 8.68. The fourth-order valence-corrected chi connectivity index (χ4v) is 4.31. The van der Waals surface area contributed by atoms with Crippen molar-refractivity contribution in [3.8, 4) is 5.75 Å². The van der Waals surface area contributed by atoms with E-state index in [0.29, 0.717) is 36.3 Å². The van der Waals surface area contributed by atoms with E-state index in [1.807, 2.05) is 24.3 Å². The zero-order valence-corrected chi connectivity index (χ0v) is 19.7. The quantitative estimate of drug-likeness (QED) is 0.369. The van der Waals surface area contributed by atoms with Gasteiger partial charge in [0.2, 0.25) is 5.79 Å². The molecular weight excluding hydrogens is 464 g/mol. The minimum Gasteiger partial charge on any atom is -0.491 e. The van der Waals surface area contributed by atoms with Crippen molar-refractivity contribution in [1.29, 1.82) is 0 Å². The molecule has 2 aromatic rings. The van der Waals surface area contributed by atoms with Crippen molar-refractivity contribution in [3.63, 3.8) is 0 Å². The Morgan fingerprint density at radius 2 is 1.76 bits per heavy atom. The van der Waals surface area contributed by atoms with Crippen LogP contribution in [0.1, 0.15) is 29.5 Å². The van der Waals surface area contributed by atoms with Crippen LogP contribution >= 0.6 is 11.6 Å². The average molecular weight is 495 g/mol. The minimum absolute atomic E-state index is 0.405. The first-order valence-corrected chi connectivity index (χ1v) is 11.8. The number of hydrogen-bond donors (Lipinski definition) is 4. The van der Waals surface area contributed by atoms with Crippen LogP contribution in [-0.4, -0.2) is 77.9 Å². The highest BCUT2D eigenvalue weighted by molar-refractivity contribution is 6.31. The first kappa shape index (κ1) is 25.3. The zero-order valence-electron chi connectivity index (χ0n) is 19.0. The topological polar surface area (TPSA) is 118 Å². The van der Waals surface area contributed by atoms with E-state index in [2.05, 4.69) is 0 Å². The van der Waals surface area contributed by atoms with Crippen molar-refractivity contribution >= 4 is 11.6 Å². The number of aliphatic hydroxyl groups excluding tert-OH is 4. The highest BCUT2D eigenvalue weighted by Crippen LogP contribution is 2.40. The van der Waals surface area contributed by atoms with Gasteiger partial charge in [-0.25, -0.2) is 0 Å². The highest BCUT2D eigenvalue weighted by atomic mass is 35.5. The lowest BCUT2D eigenvalue weighted by atomic mass is 9.87. The Labute approximate surface area is 203 Å². The maximum absolute atomic E-state index is 10.7. The molecule has 186 valence electrons. The molecule has 0 spiro atoms. The Hall–Kier alpha value is -1.75. The maximum atomic E-state index is 10.7. The fraction of sp³-hybridized carbons (Fsp3) is 0.520. The number of halogens is 1. The summed E-state index contributed by atoms with van der Waals surface area (Å²) in [4.78, 5) is 0. The van der Waals surface area contributed by atoms with Gasteiger partial charge in [0.1, 0.15) is 36.8 Å². The van der Waals surface area contributed by atoms with E-state index in [-0.39, 0.29) is 0 Å². The van der Waals surface area contributed by atoms with Crippen molar-refractivity contribution in [1.82, 2.24) is 0 Å². The van der Waals surface area contributed by atoms with Gasteiger partial charge in [0.05, 0.1) is 19.3 Å². The summed E-state index contributed by atoms with van der Waals surface area (Å²) < 4.78 is 22.6. The molecule has 2 aliphatic rings. The predicted octanol–water partition coefficient (Wildman–Crippen LogP) is 1.76.